The van der Waals surface area contributed by atoms with Gasteiger partial charge in [0.1, 0.15) is 30.5 Å². The zero-order valence-corrected chi connectivity index (χ0v) is 15.5. The molecule has 3 aromatic carbocycles. The molecule has 0 bridgehead atoms. The molecule has 0 spiro atoms. The van der Waals surface area contributed by atoms with Crippen LogP contribution in [0.1, 0.15) is 5.56 Å². The number of ether oxygens (including phenoxy) is 3. The molecule has 3 rings (SSSR count). The molecule has 0 saturated carbocycles. The Kier molecular flexibility index (Phi) is 7.32. The minimum atomic E-state index is -0.193. The first-order valence-electron chi connectivity index (χ1n) is 9.14. The molecule has 28 heavy (non-hydrogen) atoms. The summed E-state index contributed by atoms with van der Waals surface area (Å²) >= 11 is 0. The Labute approximate surface area is 164 Å². The van der Waals surface area contributed by atoms with E-state index in [0.717, 1.165) is 17.1 Å². The van der Waals surface area contributed by atoms with Gasteiger partial charge in [-0.2, -0.15) is 0 Å². The number of benzene rings is 3. The number of hydrogen-bond donors (Lipinski definition) is 1. The van der Waals surface area contributed by atoms with Crippen molar-refractivity contribution < 1.29 is 19.0 Å². The van der Waals surface area contributed by atoms with Crippen LogP contribution in [0.5, 0.6) is 17.2 Å². The van der Waals surface area contributed by atoms with Gasteiger partial charge in [-0.1, -0.05) is 48.5 Å². The fraction of sp³-hybridized carbons (Fsp3) is 0.174. The summed E-state index contributed by atoms with van der Waals surface area (Å²) in [6, 6.07) is 26.7. The first kappa shape index (κ1) is 19.3. The first-order chi connectivity index (χ1) is 13.8. The average molecular weight is 377 g/mol. The lowest BCUT2D eigenvalue weighted by molar-refractivity contribution is -0.123. The molecule has 0 aliphatic carbocycles. The predicted molar refractivity (Wildman–Crippen MR) is 108 cm³/mol. The van der Waals surface area contributed by atoms with E-state index in [1.54, 1.807) is 12.1 Å². The van der Waals surface area contributed by atoms with Gasteiger partial charge in [0.05, 0.1) is 6.54 Å². The van der Waals surface area contributed by atoms with E-state index in [1.165, 1.54) is 0 Å². The van der Waals surface area contributed by atoms with Gasteiger partial charge in [-0.05, 0) is 42.0 Å². The standard InChI is InChI=1S/C23H23NO4/c25-23(24-15-16-26-20-9-5-2-6-10-20)18-28-22-13-11-21(12-14-22)27-17-19-7-3-1-4-8-19/h1-14H,15-18H2,(H,24,25). The lowest BCUT2D eigenvalue weighted by atomic mass is 10.2. The molecular formula is C23H23NO4. The molecule has 0 unspecified atom stereocenters. The molecule has 0 atom stereocenters. The smallest absolute Gasteiger partial charge is 0.258 e. The minimum Gasteiger partial charge on any atom is -0.492 e. The van der Waals surface area contributed by atoms with Crippen molar-refractivity contribution in [2.75, 3.05) is 19.8 Å². The van der Waals surface area contributed by atoms with Gasteiger partial charge in [-0.3, -0.25) is 4.79 Å². The molecule has 0 radical (unpaired) electrons. The van der Waals surface area contributed by atoms with Crippen molar-refractivity contribution in [3.05, 3.63) is 90.5 Å². The molecule has 0 aliphatic heterocycles. The Morgan fingerprint density at radius 1 is 0.679 bits per heavy atom. The molecule has 0 aromatic heterocycles. The van der Waals surface area contributed by atoms with Crippen molar-refractivity contribution in [3.8, 4) is 17.2 Å². The van der Waals surface area contributed by atoms with Crippen LogP contribution in [-0.2, 0) is 11.4 Å². The molecule has 3 aromatic rings. The highest BCUT2D eigenvalue weighted by molar-refractivity contribution is 5.77. The quantitative estimate of drug-likeness (QED) is 0.546. The lowest BCUT2D eigenvalue weighted by Gasteiger charge is -2.10. The summed E-state index contributed by atoms with van der Waals surface area (Å²) < 4.78 is 16.7. The third-order valence-electron chi connectivity index (χ3n) is 3.88. The largest absolute Gasteiger partial charge is 0.492 e. The summed E-state index contributed by atoms with van der Waals surface area (Å²) in [6.07, 6.45) is 0. The van der Waals surface area contributed by atoms with E-state index in [0.29, 0.717) is 25.5 Å². The highest BCUT2D eigenvalue weighted by Gasteiger charge is 2.03. The van der Waals surface area contributed by atoms with E-state index in [4.69, 9.17) is 14.2 Å². The molecule has 1 N–H and O–H groups in total. The highest BCUT2D eigenvalue weighted by atomic mass is 16.5. The first-order valence-corrected chi connectivity index (χ1v) is 9.14. The summed E-state index contributed by atoms with van der Waals surface area (Å²) in [4.78, 5) is 11.8. The van der Waals surface area contributed by atoms with E-state index in [1.807, 2.05) is 72.8 Å². The molecule has 0 saturated heterocycles. The van der Waals surface area contributed by atoms with Crippen molar-refractivity contribution in [3.63, 3.8) is 0 Å². The van der Waals surface area contributed by atoms with Gasteiger partial charge in [-0.25, -0.2) is 0 Å². The maximum absolute atomic E-state index is 11.8. The minimum absolute atomic E-state index is 0.0461. The number of hydrogen-bond acceptors (Lipinski definition) is 4. The molecule has 0 heterocycles. The van der Waals surface area contributed by atoms with Crippen LogP contribution in [-0.4, -0.2) is 25.7 Å². The molecular weight excluding hydrogens is 354 g/mol. The number of carbonyl (C=O) groups is 1. The number of rotatable bonds is 10. The van der Waals surface area contributed by atoms with Gasteiger partial charge >= 0.3 is 0 Å². The van der Waals surface area contributed by atoms with Crippen molar-refractivity contribution in [1.82, 2.24) is 5.32 Å². The lowest BCUT2D eigenvalue weighted by Crippen LogP contribution is -2.32. The maximum Gasteiger partial charge on any atom is 0.258 e. The Balaban J connectivity index is 1.32. The van der Waals surface area contributed by atoms with Crippen LogP contribution < -0.4 is 19.5 Å². The summed E-state index contributed by atoms with van der Waals surface area (Å²) in [7, 11) is 0. The SMILES string of the molecule is O=C(COc1ccc(OCc2ccccc2)cc1)NCCOc1ccccc1. The zero-order chi connectivity index (χ0) is 19.4. The highest BCUT2D eigenvalue weighted by Crippen LogP contribution is 2.18. The summed E-state index contributed by atoms with van der Waals surface area (Å²) in [5.74, 6) is 1.95. The fourth-order valence-electron chi connectivity index (χ4n) is 2.45. The van der Waals surface area contributed by atoms with Crippen LogP contribution in [0.4, 0.5) is 0 Å². The van der Waals surface area contributed by atoms with E-state index >= 15 is 0 Å². The van der Waals surface area contributed by atoms with Crippen LogP contribution in [0.2, 0.25) is 0 Å². The molecule has 0 aliphatic rings. The number of para-hydroxylation sites is 1. The van der Waals surface area contributed by atoms with Crippen LogP contribution in [0.25, 0.3) is 0 Å². The molecule has 0 fully saturated rings. The van der Waals surface area contributed by atoms with Gasteiger partial charge in [-0.15, -0.1) is 0 Å². The van der Waals surface area contributed by atoms with E-state index in [2.05, 4.69) is 5.32 Å². The number of carbonyl (C=O) groups excluding carboxylic acids is 1. The summed E-state index contributed by atoms with van der Waals surface area (Å²) in [5, 5.41) is 2.76. The number of nitrogens with one attached hydrogen (secondary N) is 1. The Morgan fingerprint density at radius 3 is 1.93 bits per heavy atom. The van der Waals surface area contributed by atoms with E-state index in [9.17, 15) is 4.79 Å². The zero-order valence-electron chi connectivity index (χ0n) is 15.5. The average Bonchev–Trinajstić information content (AvgIpc) is 2.76. The Bertz CT molecular complexity index is 835. The predicted octanol–water partition coefficient (Wildman–Crippen LogP) is 3.84. The Morgan fingerprint density at radius 2 is 1.25 bits per heavy atom. The third-order valence-corrected chi connectivity index (χ3v) is 3.88. The van der Waals surface area contributed by atoms with Crippen LogP contribution in [0.15, 0.2) is 84.9 Å². The van der Waals surface area contributed by atoms with Gasteiger partial charge < -0.3 is 19.5 Å². The maximum atomic E-state index is 11.8. The van der Waals surface area contributed by atoms with Gasteiger partial charge in [0.15, 0.2) is 6.61 Å². The molecule has 1 amide bonds. The second-order valence-electron chi connectivity index (χ2n) is 6.05. The van der Waals surface area contributed by atoms with Crippen LogP contribution >= 0.6 is 0 Å². The van der Waals surface area contributed by atoms with Crippen LogP contribution in [0.3, 0.4) is 0 Å². The van der Waals surface area contributed by atoms with Crippen molar-refractivity contribution in [2.24, 2.45) is 0 Å². The Hall–Kier alpha value is -3.47. The van der Waals surface area contributed by atoms with Gasteiger partial charge in [0.25, 0.3) is 5.91 Å². The number of amides is 1. The summed E-state index contributed by atoms with van der Waals surface area (Å²) in [6.45, 7) is 1.29. The van der Waals surface area contributed by atoms with Crippen molar-refractivity contribution in [1.29, 1.82) is 0 Å². The topological polar surface area (TPSA) is 56.8 Å². The van der Waals surface area contributed by atoms with Gasteiger partial charge in [0, 0.05) is 0 Å². The van der Waals surface area contributed by atoms with Crippen molar-refractivity contribution in [2.45, 2.75) is 6.61 Å². The molecule has 144 valence electrons. The van der Waals surface area contributed by atoms with Crippen LogP contribution in [0, 0.1) is 0 Å². The molecule has 5 nitrogen and oxygen atoms in total. The fourth-order valence-corrected chi connectivity index (χ4v) is 2.45. The van der Waals surface area contributed by atoms with Gasteiger partial charge in [0.2, 0.25) is 0 Å². The van der Waals surface area contributed by atoms with Crippen molar-refractivity contribution >= 4 is 5.91 Å². The summed E-state index contributed by atoms with van der Waals surface area (Å²) in [5.41, 5.74) is 1.11. The molecule has 5 heteroatoms. The third kappa shape index (κ3) is 6.68. The second-order valence-corrected chi connectivity index (χ2v) is 6.05. The monoisotopic (exact) mass is 377 g/mol. The second kappa shape index (κ2) is 10.6. The normalized spacial score (nSPS) is 10.1. The van der Waals surface area contributed by atoms with E-state index < -0.39 is 0 Å². The van der Waals surface area contributed by atoms with E-state index in [-0.39, 0.29) is 12.5 Å².